The molecule has 0 saturated carbocycles. The van der Waals surface area contributed by atoms with E-state index < -0.39 is 0 Å². The van der Waals surface area contributed by atoms with E-state index in [2.05, 4.69) is 10.6 Å². The van der Waals surface area contributed by atoms with Gasteiger partial charge in [0.05, 0.1) is 18.4 Å². The molecule has 2 aromatic heterocycles. The van der Waals surface area contributed by atoms with E-state index in [9.17, 15) is 4.79 Å². The Bertz CT molecular complexity index is 714. The second kappa shape index (κ2) is 6.87. The lowest BCUT2D eigenvalue weighted by atomic mass is 10.0. The molecule has 3 aromatic rings. The second-order valence-corrected chi connectivity index (χ2v) is 5.23. The van der Waals surface area contributed by atoms with Crippen molar-refractivity contribution in [3.8, 4) is 0 Å². The highest BCUT2D eigenvalue weighted by Gasteiger charge is 2.20. The summed E-state index contributed by atoms with van der Waals surface area (Å²) in [5.41, 5.74) is 1.80. The fraction of sp³-hybridized carbons (Fsp3) is 0.167. The predicted molar refractivity (Wildman–Crippen MR) is 87.5 cm³/mol. The van der Waals surface area contributed by atoms with Crippen molar-refractivity contribution in [2.45, 2.75) is 12.8 Å². The Kier molecular flexibility index (Phi) is 4.47. The summed E-state index contributed by atoms with van der Waals surface area (Å²) in [6.07, 6.45) is 3.22. The van der Waals surface area contributed by atoms with Gasteiger partial charge in [-0.2, -0.15) is 0 Å². The molecule has 0 unspecified atom stereocenters. The average Bonchev–Trinajstić information content (AvgIpc) is 3.23. The van der Waals surface area contributed by atoms with Crippen LogP contribution < -0.4 is 10.6 Å². The molecule has 0 radical (unpaired) electrons. The van der Waals surface area contributed by atoms with E-state index in [0.717, 1.165) is 22.8 Å². The number of hydrogen-bond donors (Lipinski definition) is 2. The van der Waals surface area contributed by atoms with Gasteiger partial charge in [-0.3, -0.25) is 0 Å². The third-order valence-electron chi connectivity index (χ3n) is 3.63. The number of amides is 2. The minimum Gasteiger partial charge on any atom is -0.469 e. The maximum absolute atomic E-state index is 12.1. The number of furan rings is 2. The number of rotatable bonds is 5. The molecular formula is C18H18N2O3. The van der Waals surface area contributed by atoms with Crippen molar-refractivity contribution in [2.24, 2.45) is 0 Å². The molecule has 2 N–H and O–H groups in total. The van der Waals surface area contributed by atoms with Gasteiger partial charge < -0.3 is 19.5 Å². The van der Waals surface area contributed by atoms with Crippen LogP contribution in [0.3, 0.4) is 0 Å². The van der Waals surface area contributed by atoms with E-state index in [1.165, 1.54) is 0 Å². The molecule has 0 bridgehead atoms. The molecule has 0 aliphatic rings. The van der Waals surface area contributed by atoms with Gasteiger partial charge in [0, 0.05) is 12.2 Å². The van der Waals surface area contributed by atoms with Crippen LogP contribution in [0.4, 0.5) is 10.5 Å². The quantitative estimate of drug-likeness (QED) is 0.744. The zero-order chi connectivity index (χ0) is 16.1. The van der Waals surface area contributed by atoms with Crippen LogP contribution in [0.25, 0.3) is 0 Å². The van der Waals surface area contributed by atoms with Crippen LogP contribution in [-0.2, 0) is 0 Å². The third kappa shape index (κ3) is 3.63. The van der Waals surface area contributed by atoms with Crippen LogP contribution >= 0.6 is 0 Å². The fourth-order valence-corrected chi connectivity index (χ4v) is 2.39. The molecule has 0 fully saturated rings. The number of anilines is 1. The van der Waals surface area contributed by atoms with E-state index in [1.807, 2.05) is 55.5 Å². The van der Waals surface area contributed by atoms with Crippen molar-refractivity contribution in [1.82, 2.24) is 5.32 Å². The molecule has 2 heterocycles. The Labute approximate surface area is 134 Å². The summed E-state index contributed by atoms with van der Waals surface area (Å²) in [6, 6.07) is 14.7. The zero-order valence-corrected chi connectivity index (χ0v) is 12.8. The molecule has 5 nitrogen and oxygen atoms in total. The topological polar surface area (TPSA) is 67.4 Å². The lowest BCUT2D eigenvalue weighted by Gasteiger charge is -2.14. The molecule has 0 aliphatic carbocycles. The number of carbonyl (C=O) groups excluding carboxylic acids is 1. The maximum Gasteiger partial charge on any atom is 0.319 e. The molecule has 0 atom stereocenters. The lowest BCUT2D eigenvalue weighted by molar-refractivity contribution is 0.251. The van der Waals surface area contributed by atoms with Crippen LogP contribution in [0.1, 0.15) is 23.0 Å². The first-order valence-corrected chi connectivity index (χ1v) is 7.41. The summed E-state index contributed by atoms with van der Waals surface area (Å²) < 4.78 is 10.9. The highest BCUT2D eigenvalue weighted by Crippen LogP contribution is 2.24. The summed E-state index contributed by atoms with van der Waals surface area (Å²) in [5.74, 6) is 1.33. The molecule has 0 saturated heterocycles. The largest absolute Gasteiger partial charge is 0.469 e. The van der Waals surface area contributed by atoms with Crippen LogP contribution in [-0.4, -0.2) is 12.6 Å². The minimum atomic E-state index is -0.262. The number of benzene rings is 1. The predicted octanol–water partition coefficient (Wildman–Crippen LogP) is 4.13. The van der Waals surface area contributed by atoms with Gasteiger partial charge >= 0.3 is 6.03 Å². The van der Waals surface area contributed by atoms with Crippen molar-refractivity contribution >= 4 is 11.7 Å². The molecule has 0 spiro atoms. The monoisotopic (exact) mass is 310 g/mol. The normalized spacial score (nSPS) is 10.7. The van der Waals surface area contributed by atoms with Gasteiger partial charge in [0.2, 0.25) is 0 Å². The first-order valence-electron chi connectivity index (χ1n) is 7.41. The first kappa shape index (κ1) is 15.0. The van der Waals surface area contributed by atoms with Crippen molar-refractivity contribution in [3.05, 3.63) is 78.1 Å². The van der Waals surface area contributed by atoms with Crippen molar-refractivity contribution in [1.29, 1.82) is 0 Å². The van der Waals surface area contributed by atoms with Crippen LogP contribution in [0, 0.1) is 6.92 Å². The van der Waals surface area contributed by atoms with Gasteiger partial charge in [0.1, 0.15) is 11.5 Å². The number of urea groups is 1. The van der Waals surface area contributed by atoms with Gasteiger partial charge in [0.15, 0.2) is 0 Å². The van der Waals surface area contributed by atoms with Crippen molar-refractivity contribution in [2.75, 3.05) is 11.9 Å². The molecule has 3 rings (SSSR count). The van der Waals surface area contributed by atoms with Gasteiger partial charge in [0.25, 0.3) is 0 Å². The van der Waals surface area contributed by atoms with E-state index >= 15 is 0 Å². The van der Waals surface area contributed by atoms with Gasteiger partial charge in [-0.25, -0.2) is 4.79 Å². The summed E-state index contributed by atoms with van der Waals surface area (Å²) in [5, 5.41) is 5.71. The lowest BCUT2D eigenvalue weighted by Crippen LogP contribution is -2.32. The van der Waals surface area contributed by atoms with E-state index in [4.69, 9.17) is 8.83 Å². The van der Waals surface area contributed by atoms with Crippen molar-refractivity contribution in [3.63, 3.8) is 0 Å². The molecule has 5 heteroatoms. The Morgan fingerprint density at radius 2 is 1.65 bits per heavy atom. The Balaban J connectivity index is 1.65. The van der Waals surface area contributed by atoms with Crippen molar-refractivity contribution < 1.29 is 13.6 Å². The Morgan fingerprint density at radius 3 is 2.22 bits per heavy atom. The van der Waals surface area contributed by atoms with Crippen LogP contribution in [0.2, 0.25) is 0 Å². The third-order valence-corrected chi connectivity index (χ3v) is 3.63. The van der Waals surface area contributed by atoms with Crippen LogP contribution in [0.15, 0.2) is 69.9 Å². The van der Waals surface area contributed by atoms with E-state index in [-0.39, 0.29) is 11.9 Å². The number of aryl methyl sites for hydroxylation is 1. The molecular weight excluding hydrogens is 292 g/mol. The van der Waals surface area contributed by atoms with E-state index in [1.54, 1.807) is 12.5 Å². The summed E-state index contributed by atoms with van der Waals surface area (Å²) in [4.78, 5) is 12.1. The van der Waals surface area contributed by atoms with E-state index in [0.29, 0.717) is 6.54 Å². The Morgan fingerprint density at radius 1 is 1.00 bits per heavy atom. The fourth-order valence-electron chi connectivity index (χ4n) is 2.39. The maximum atomic E-state index is 12.1. The number of nitrogens with one attached hydrogen (secondary N) is 2. The minimum absolute atomic E-state index is 0.164. The average molecular weight is 310 g/mol. The van der Waals surface area contributed by atoms with Gasteiger partial charge in [-0.05, 0) is 42.8 Å². The molecule has 0 aliphatic heterocycles. The summed E-state index contributed by atoms with van der Waals surface area (Å²) >= 11 is 0. The smallest absolute Gasteiger partial charge is 0.319 e. The highest BCUT2D eigenvalue weighted by molar-refractivity contribution is 5.90. The number of para-hydroxylation sites is 1. The van der Waals surface area contributed by atoms with Gasteiger partial charge in [-0.1, -0.05) is 18.2 Å². The summed E-state index contributed by atoms with van der Waals surface area (Å²) in [6.45, 7) is 2.32. The SMILES string of the molecule is Cc1ccccc1NC(=O)NCC(c1ccco1)c1ccco1. The van der Waals surface area contributed by atoms with Crippen LogP contribution in [0.5, 0.6) is 0 Å². The second-order valence-electron chi connectivity index (χ2n) is 5.23. The zero-order valence-electron chi connectivity index (χ0n) is 12.8. The summed E-state index contributed by atoms with van der Waals surface area (Å²) in [7, 11) is 0. The molecule has 2 amide bonds. The number of carbonyl (C=O) groups is 1. The standard InChI is InChI=1S/C18H18N2O3/c1-13-6-2-3-7-15(13)20-18(21)19-12-14(16-8-4-10-22-16)17-9-5-11-23-17/h2-11,14H,12H2,1H3,(H2,19,20,21). The number of hydrogen-bond acceptors (Lipinski definition) is 3. The Hall–Kier alpha value is -2.95. The molecule has 1 aromatic carbocycles. The van der Waals surface area contributed by atoms with Gasteiger partial charge in [-0.15, -0.1) is 0 Å². The molecule has 118 valence electrons. The first-order chi connectivity index (χ1) is 11.2. The highest BCUT2D eigenvalue weighted by atomic mass is 16.3. The molecule has 23 heavy (non-hydrogen) atoms.